The van der Waals surface area contributed by atoms with Crippen molar-refractivity contribution in [3.63, 3.8) is 0 Å². The van der Waals surface area contributed by atoms with Gasteiger partial charge in [-0.25, -0.2) is 0 Å². The molecule has 11 heavy (non-hydrogen) atoms. The SMILES string of the molecule is CC.CCCNC(C)CCC. The van der Waals surface area contributed by atoms with Crippen molar-refractivity contribution in [1.29, 1.82) is 0 Å². The summed E-state index contributed by atoms with van der Waals surface area (Å²) in [5.74, 6) is 0. The summed E-state index contributed by atoms with van der Waals surface area (Å²) in [4.78, 5) is 0. The van der Waals surface area contributed by atoms with Crippen molar-refractivity contribution in [3.05, 3.63) is 0 Å². The summed E-state index contributed by atoms with van der Waals surface area (Å²) in [6.45, 7) is 11.8. The van der Waals surface area contributed by atoms with Crippen molar-refractivity contribution in [2.75, 3.05) is 6.54 Å². The van der Waals surface area contributed by atoms with Gasteiger partial charge < -0.3 is 5.32 Å². The molecule has 1 heteroatoms. The van der Waals surface area contributed by atoms with Gasteiger partial charge in [-0.1, -0.05) is 34.1 Å². The predicted octanol–water partition coefficient (Wildman–Crippen LogP) is 3.20. The van der Waals surface area contributed by atoms with Gasteiger partial charge in [0.15, 0.2) is 0 Å². The first-order valence-corrected chi connectivity index (χ1v) is 5.04. The molecule has 0 amide bonds. The fourth-order valence-corrected chi connectivity index (χ4v) is 0.926. The second kappa shape index (κ2) is 12.6. The van der Waals surface area contributed by atoms with Crippen LogP contribution in [0.3, 0.4) is 0 Å². The molecule has 0 heterocycles. The largest absolute Gasteiger partial charge is 0.314 e. The molecule has 70 valence electrons. The Morgan fingerprint density at radius 2 is 1.64 bits per heavy atom. The fraction of sp³-hybridized carbons (Fsp3) is 1.00. The average Bonchev–Trinajstić information content (AvgIpc) is 2.05. The Morgan fingerprint density at radius 3 is 2.00 bits per heavy atom. The molecule has 0 aliphatic heterocycles. The predicted molar refractivity (Wildman–Crippen MR) is 54.0 cm³/mol. The third-order valence-electron chi connectivity index (χ3n) is 1.46. The summed E-state index contributed by atoms with van der Waals surface area (Å²) in [5, 5.41) is 3.43. The lowest BCUT2D eigenvalue weighted by Gasteiger charge is -2.10. The van der Waals surface area contributed by atoms with Gasteiger partial charge in [0.2, 0.25) is 0 Å². The molecular weight excluding hydrogens is 134 g/mol. The second-order valence-corrected chi connectivity index (χ2v) is 2.64. The molecule has 0 aromatic rings. The zero-order valence-electron chi connectivity index (χ0n) is 8.91. The topological polar surface area (TPSA) is 12.0 Å². The van der Waals surface area contributed by atoms with Crippen molar-refractivity contribution in [2.45, 2.75) is 59.9 Å². The van der Waals surface area contributed by atoms with E-state index in [9.17, 15) is 0 Å². The van der Waals surface area contributed by atoms with Gasteiger partial charge in [0.25, 0.3) is 0 Å². The first kappa shape index (κ1) is 13.5. The van der Waals surface area contributed by atoms with Crippen molar-refractivity contribution < 1.29 is 0 Å². The van der Waals surface area contributed by atoms with E-state index in [1.807, 2.05) is 13.8 Å². The van der Waals surface area contributed by atoms with Crippen LogP contribution in [0.1, 0.15) is 53.9 Å². The minimum atomic E-state index is 0.718. The van der Waals surface area contributed by atoms with Gasteiger partial charge in [-0.05, 0) is 26.3 Å². The summed E-state index contributed by atoms with van der Waals surface area (Å²) in [7, 11) is 0. The van der Waals surface area contributed by atoms with Crippen molar-refractivity contribution in [2.24, 2.45) is 0 Å². The highest BCUT2D eigenvalue weighted by atomic mass is 14.9. The van der Waals surface area contributed by atoms with E-state index >= 15 is 0 Å². The molecular formula is C10H25N. The van der Waals surface area contributed by atoms with Crippen LogP contribution in [-0.2, 0) is 0 Å². The van der Waals surface area contributed by atoms with Crippen LogP contribution in [0.4, 0.5) is 0 Å². The molecule has 0 aliphatic rings. The summed E-state index contributed by atoms with van der Waals surface area (Å²) >= 11 is 0. The molecule has 0 spiro atoms. The van der Waals surface area contributed by atoms with Crippen LogP contribution in [-0.4, -0.2) is 12.6 Å². The van der Waals surface area contributed by atoms with Gasteiger partial charge in [0.1, 0.15) is 0 Å². The van der Waals surface area contributed by atoms with Crippen LogP contribution in [0.5, 0.6) is 0 Å². The molecule has 1 unspecified atom stereocenters. The lowest BCUT2D eigenvalue weighted by molar-refractivity contribution is 0.508. The van der Waals surface area contributed by atoms with Crippen LogP contribution in [0.15, 0.2) is 0 Å². The van der Waals surface area contributed by atoms with Gasteiger partial charge in [-0.3, -0.25) is 0 Å². The van der Waals surface area contributed by atoms with Crippen molar-refractivity contribution in [3.8, 4) is 0 Å². The Bertz CT molecular complexity index is 52.8. The van der Waals surface area contributed by atoms with Crippen LogP contribution < -0.4 is 5.32 Å². The fourth-order valence-electron chi connectivity index (χ4n) is 0.926. The van der Waals surface area contributed by atoms with Gasteiger partial charge in [-0.2, -0.15) is 0 Å². The summed E-state index contributed by atoms with van der Waals surface area (Å²) < 4.78 is 0. The van der Waals surface area contributed by atoms with E-state index in [0.717, 1.165) is 6.04 Å². The highest BCUT2D eigenvalue weighted by Gasteiger charge is 1.95. The van der Waals surface area contributed by atoms with Crippen LogP contribution in [0.25, 0.3) is 0 Å². The summed E-state index contributed by atoms with van der Waals surface area (Å²) in [6, 6.07) is 0.718. The Kier molecular flexibility index (Phi) is 15.5. The Morgan fingerprint density at radius 1 is 1.09 bits per heavy atom. The molecule has 0 aromatic heterocycles. The first-order chi connectivity index (χ1) is 5.31. The lowest BCUT2D eigenvalue weighted by Crippen LogP contribution is -2.26. The first-order valence-electron chi connectivity index (χ1n) is 5.04. The van der Waals surface area contributed by atoms with E-state index in [4.69, 9.17) is 0 Å². The van der Waals surface area contributed by atoms with Crippen LogP contribution in [0, 0.1) is 0 Å². The Balaban J connectivity index is 0. The molecule has 0 fully saturated rings. The molecule has 1 atom stereocenters. The monoisotopic (exact) mass is 159 g/mol. The van der Waals surface area contributed by atoms with E-state index in [-0.39, 0.29) is 0 Å². The van der Waals surface area contributed by atoms with E-state index in [0.29, 0.717) is 0 Å². The number of hydrogen-bond donors (Lipinski definition) is 1. The molecule has 0 aromatic carbocycles. The van der Waals surface area contributed by atoms with E-state index < -0.39 is 0 Å². The van der Waals surface area contributed by atoms with Crippen LogP contribution >= 0.6 is 0 Å². The standard InChI is InChI=1S/C8H19N.C2H6/c1-4-6-8(3)9-7-5-2;1-2/h8-9H,4-7H2,1-3H3;1-2H3. The number of nitrogens with one attached hydrogen (secondary N) is 1. The average molecular weight is 159 g/mol. The highest BCUT2D eigenvalue weighted by molar-refractivity contribution is 4.57. The zero-order chi connectivity index (χ0) is 9.11. The maximum atomic E-state index is 3.43. The lowest BCUT2D eigenvalue weighted by atomic mass is 10.2. The maximum Gasteiger partial charge on any atom is 0.00386 e. The number of hydrogen-bond acceptors (Lipinski definition) is 1. The van der Waals surface area contributed by atoms with Crippen LogP contribution in [0.2, 0.25) is 0 Å². The summed E-state index contributed by atoms with van der Waals surface area (Å²) in [6.07, 6.45) is 3.84. The highest BCUT2D eigenvalue weighted by Crippen LogP contribution is 1.93. The van der Waals surface area contributed by atoms with Gasteiger partial charge >= 0.3 is 0 Å². The van der Waals surface area contributed by atoms with Gasteiger partial charge in [0, 0.05) is 6.04 Å². The third kappa shape index (κ3) is 13.0. The summed E-state index contributed by atoms with van der Waals surface area (Å²) in [5.41, 5.74) is 0. The second-order valence-electron chi connectivity index (χ2n) is 2.64. The normalized spacial score (nSPS) is 11.7. The number of rotatable bonds is 5. The molecule has 1 N–H and O–H groups in total. The molecule has 0 radical (unpaired) electrons. The zero-order valence-corrected chi connectivity index (χ0v) is 8.91. The maximum absolute atomic E-state index is 3.43. The Labute approximate surface area is 72.6 Å². The quantitative estimate of drug-likeness (QED) is 0.649. The van der Waals surface area contributed by atoms with Gasteiger partial charge in [-0.15, -0.1) is 0 Å². The van der Waals surface area contributed by atoms with E-state index in [1.54, 1.807) is 0 Å². The minimum Gasteiger partial charge on any atom is -0.314 e. The smallest absolute Gasteiger partial charge is 0.00386 e. The molecule has 0 bridgehead atoms. The van der Waals surface area contributed by atoms with E-state index in [2.05, 4.69) is 26.1 Å². The molecule has 1 nitrogen and oxygen atoms in total. The Hall–Kier alpha value is -0.0400. The van der Waals surface area contributed by atoms with Crippen molar-refractivity contribution >= 4 is 0 Å². The molecule has 0 saturated carbocycles. The van der Waals surface area contributed by atoms with E-state index in [1.165, 1.54) is 25.8 Å². The third-order valence-corrected chi connectivity index (χ3v) is 1.46. The molecule has 0 rings (SSSR count). The minimum absolute atomic E-state index is 0.718. The molecule has 0 saturated heterocycles. The molecule has 0 aliphatic carbocycles. The van der Waals surface area contributed by atoms with Crippen molar-refractivity contribution in [1.82, 2.24) is 5.32 Å². The van der Waals surface area contributed by atoms with Gasteiger partial charge in [0.05, 0.1) is 0 Å².